The Kier molecular flexibility index (Phi) is 13.5. The van der Waals surface area contributed by atoms with Gasteiger partial charge in [-0.25, -0.2) is 0 Å². The SMILES string of the molecule is CCCCCCCCCCCCCCCCc1c(C(N)(Cl)Cl)ccc(C)c1C. The van der Waals surface area contributed by atoms with Crippen LogP contribution < -0.4 is 5.73 Å². The predicted octanol–water partition coefficient (Wildman–Crippen LogP) is 8.87. The first kappa shape index (κ1) is 25.8. The lowest BCUT2D eigenvalue weighted by atomic mass is 9.93. The Balaban J connectivity index is 2.12. The molecule has 0 aliphatic carbocycles. The largest absolute Gasteiger partial charge is 0.296 e. The molecule has 1 nitrogen and oxygen atoms in total. The van der Waals surface area contributed by atoms with E-state index in [1.165, 1.54) is 107 Å². The second-order valence-corrected chi connectivity index (χ2v) is 9.89. The first-order chi connectivity index (χ1) is 13.4. The van der Waals surface area contributed by atoms with Gasteiger partial charge in [0.1, 0.15) is 0 Å². The van der Waals surface area contributed by atoms with Gasteiger partial charge >= 0.3 is 0 Å². The summed E-state index contributed by atoms with van der Waals surface area (Å²) in [5.74, 6) is 0. The maximum atomic E-state index is 6.20. The maximum absolute atomic E-state index is 6.20. The number of benzene rings is 1. The number of aryl methyl sites for hydroxylation is 1. The van der Waals surface area contributed by atoms with E-state index in [1.54, 1.807) is 0 Å². The number of hydrogen-bond donors (Lipinski definition) is 1. The number of halogens is 2. The van der Waals surface area contributed by atoms with Crippen LogP contribution >= 0.6 is 23.2 Å². The smallest absolute Gasteiger partial charge is 0.192 e. The third kappa shape index (κ3) is 10.5. The Morgan fingerprint density at radius 3 is 1.57 bits per heavy atom. The van der Waals surface area contributed by atoms with E-state index in [9.17, 15) is 0 Å². The second-order valence-electron chi connectivity index (χ2n) is 8.50. The van der Waals surface area contributed by atoms with Gasteiger partial charge in [0.2, 0.25) is 0 Å². The minimum Gasteiger partial charge on any atom is -0.296 e. The molecule has 1 rings (SSSR count). The van der Waals surface area contributed by atoms with Gasteiger partial charge in [0, 0.05) is 5.56 Å². The summed E-state index contributed by atoms with van der Waals surface area (Å²) < 4.78 is -1.30. The fourth-order valence-corrected chi connectivity index (χ4v) is 4.36. The van der Waals surface area contributed by atoms with Crippen LogP contribution in [0.2, 0.25) is 0 Å². The molecule has 0 aliphatic heterocycles. The maximum Gasteiger partial charge on any atom is 0.192 e. The van der Waals surface area contributed by atoms with Gasteiger partial charge in [0.15, 0.2) is 4.46 Å². The lowest BCUT2D eigenvalue weighted by Gasteiger charge is -2.21. The molecule has 0 amide bonds. The highest BCUT2D eigenvalue weighted by Crippen LogP contribution is 2.33. The average molecular weight is 429 g/mol. The molecule has 2 N–H and O–H groups in total. The van der Waals surface area contributed by atoms with Crippen molar-refractivity contribution >= 4 is 23.2 Å². The third-order valence-electron chi connectivity index (χ3n) is 6.01. The lowest BCUT2D eigenvalue weighted by molar-refractivity contribution is 0.535. The van der Waals surface area contributed by atoms with Gasteiger partial charge in [-0.1, -0.05) is 126 Å². The van der Waals surface area contributed by atoms with Gasteiger partial charge in [-0.15, -0.1) is 0 Å². The molecule has 0 radical (unpaired) electrons. The highest BCUT2D eigenvalue weighted by molar-refractivity contribution is 6.47. The van der Waals surface area contributed by atoms with Crippen molar-refractivity contribution in [2.75, 3.05) is 0 Å². The number of rotatable bonds is 16. The first-order valence-electron chi connectivity index (χ1n) is 11.6. The Morgan fingerprint density at radius 1 is 0.714 bits per heavy atom. The molecule has 0 saturated heterocycles. The van der Waals surface area contributed by atoms with Crippen LogP contribution in [0.15, 0.2) is 12.1 Å². The Hall–Kier alpha value is -0.240. The van der Waals surface area contributed by atoms with E-state index in [1.807, 2.05) is 6.07 Å². The highest BCUT2D eigenvalue weighted by Gasteiger charge is 2.24. The molecule has 162 valence electrons. The Bertz CT molecular complexity index is 534. The number of alkyl halides is 2. The number of nitrogens with two attached hydrogens (primary N) is 1. The normalized spacial score (nSPS) is 11.9. The Labute approximate surface area is 184 Å². The summed E-state index contributed by atoms with van der Waals surface area (Å²) in [6.45, 7) is 6.57. The minimum atomic E-state index is -1.30. The van der Waals surface area contributed by atoms with Gasteiger partial charge in [0.25, 0.3) is 0 Å². The van der Waals surface area contributed by atoms with Crippen LogP contribution in [-0.4, -0.2) is 0 Å². The third-order valence-corrected chi connectivity index (χ3v) is 6.42. The second kappa shape index (κ2) is 14.7. The van der Waals surface area contributed by atoms with Crippen LogP contribution in [-0.2, 0) is 10.9 Å². The fraction of sp³-hybridized carbons (Fsp3) is 0.760. The van der Waals surface area contributed by atoms with Crippen molar-refractivity contribution in [2.24, 2.45) is 5.73 Å². The highest BCUT2D eigenvalue weighted by atomic mass is 35.5. The fourth-order valence-electron chi connectivity index (χ4n) is 4.00. The topological polar surface area (TPSA) is 26.0 Å². The summed E-state index contributed by atoms with van der Waals surface area (Å²) in [4.78, 5) is 0. The van der Waals surface area contributed by atoms with Gasteiger partial charge < -0.3 is 0 Å². The molecular formula is C25H43Cl2N. The summed E-state index contributed by atoms with van der Waals surface area (Å²) >= 11 is 12.4. The molecule has 0 atom stereocenters. The summed E-state index contributed by atoms with van der Waals surface area (Å²) in [5, 5.41) is 0. The first-order valence-corrected chi connectivity index (χ1v) is 12.4. The van der Waals surface area contributed by atoms with E-state index in [0.29, 0.717) is 0 Å². The van der Waals surface area contributed by atoms with E-state index >= 15 is 0 Å². The van der Waals surface area contributed by atoms with Crippen molar-refractivity contribution in [3.8, 4) is 0 Å². The molecular weight excluding hydrogens is 385 g/mol. The van der Waals surface area contributed by atoms with Crippen LogP contribution in [0, 0.1) is 13.8 Å². The molecule has 1 aromatic carbocycles. The van der Waals surface area contributed by atoms with Crippen molar-refractivity contribution in [3.05, 3.63) is 34.4 Å². The summed E-state index contributed by atoms with van der Waals surface area (Å²) in [6.07, 6.45) is 20.3. The molecule has 0 bridgehead atoms. The van der Waals surface area contributed by atoms with Gasteiger partial charge in [-0.2, -0.15) is 0 Å². The van der Waals surface area contributed by atoms with Crippen LogP contribution in [0.25, 0.3) is 0 Å². The standard InChI is InChI=1S/C25H43Cl2N/c1-4-5-6-7-8-9-10-11-12-13-14-15-16-17-18-23-22(3)21(2)19-20-24(23)25(26,27)28/h19-20H,4-18,28H2,1-3H3. The van der Waals surface area contributed by atoms with E-state index in [2.05, 4.69) is 26.8 Å². The summed E-state index contributed by atoms with van der Waals surface area (Å²) in [6, 6.07) is 4.05. The number of unbranched alkanes of at least 4 members (excludes halogenated alkanes) is 13. The van der Waals surface area contributed by atoms with Gasteiger partial charge in [-0.3, -0.25) is 5.73 Å². The Morgan fingerprint density at radius 2 is 1.14 bits per heavy atom. The van der Waals surface area contributed by atoms with E-state index in [0.717, 1.165) is 12.0 Å². The van der Waals surface area contributed by atoms with E-state index in [4.69, 9.17) is 28.9 Å². The average Bonchev–Trinajstić information content (AvgIpc) is 2.64. The lowest BCUT2D eigenvalue weighted by Crippen LogP contribution is -2.24. The molecule has 0 heterocycles. The van der Waals surface area contributed by atoms with E-state index < -0.39 is 4.46 Å². The van der Waals surface area contributed by atoms with Crippen LogP contribution in [0.1, 0.15) is 119 Å². The zero-order valence-corrected chi connectivity index (χ0v) is 20.1. The van der Waals surface area contributed by atoms with Crippen LogP contribution in [0.3, 0.4) is 0 Å². The van der Waals surface area contributed by atoms with Crippen molar-refractivity contribution in [3.63, 3.8) is 0 Å². The van der Waals surface area contributed by atoms with Crippen LogP contribution in [0.5, 0.6) is 0 Å². The summed E-state index contributed by atoms with van der Waals surface area (Å²) in [5.41, 5.74) is 10.6. The molecule has 0 aliphatic rings. The molecule has 28 heavy (non-hydrogen) atoms. The van der Waals surface area contributed by atoms with E-state index in [-0.39, 0.29) is 0 Å². The minimum absolute atomic E-state index is 0.869. The van der Waals surface area contributed by atoms with Crippen molar-refractivity contribution < 1.29 is 0 Å². The molecule has 0 saturated carbocycles. The molecule has 0 fully saturated rings. The predicted molar refractivity (Wildman–Crippen MR) is 128 cm³/mol. The summed E-state index contributed by atoms with van der Waals surface area (Å²) in [7, 11) is 0. The molecule has 1 aromatic rings. The monoisotopic (exact) mass is 427 g/mol. The molecule has 0 aromatic heterocycles. The van der Waals surface area contributed by atoms with Crippen molar-refractivity contribution in [1.29, 1.82) is 0 Å². The van der Waals surface area contributed by atoms with Gasteiger partial charge in [-0.05, 0) is 43.4 Å². The molecule has 0 spiro atoms. The van der Waals surface area contributed by atoms with Gasteiger partial charge in [0.05, 0.1) is 0 Å². The quantitative estimate of drug-likeness (QED) is 0.159. The molecule has 0 unspecified atom stereocenters. The van der Waals surface area contributed by atoms with Crippen molar-refractivity contribution in [1.82, 2.24) is 0 Å². The van der Waals surface area contributed by atoms with Crippen LogP contribution in [0.4, 0.5) is 0 Å². The zero-order chi connectivity index (χ0) is 20.8. The van der Waals surface area contributed by atoms with Crippen molar-refractivity contribution in [2.45, 2.75) is 122 Å². The molecule has 3 heteroatoms. The number of hydrogen-bond acceptors (Lipinski definition) is 1. The zero-order valence-electron chi connectivity index (χ0n) is 18.6.